The van der Waals surface area contributed by atoms with Crippen LogP contribution in [0.5, 0.6) is 5.75 Å². The molecule has 1 aromatic heterocycles. The summed E-state index contributed by atoms with van der Waals surface area (Å²) in [6, 6.07) is 11.8. The Balaban J connectivity index is 2.06. The van der Waals surface area contributed by atoms with Crippen LogP contribution in [0.4, 0.5) is 4.39 Å². The van der Waals surface area contributed by atoms with E-state index in [1.165, 1.54) is 19.2 Å². The summed E-state index contributed by atoms with van der Waals surface area (Å²) in [4.78, 5) is 15.6. The number of nitrogens with zero attached hydrogens (tertiary/aromatic N) is 2. The minimum absolute atomic E-state index is 0.134. The molecule has 0 amide bonds. The van der Waals surface area contributed by atoms with Gasteiger partial charge in [0.1, 0.15) is 0 Å². The first-order valence-electron chi connectivity index (χ1n) is 7.53. The number of hydrogen-bond acceptors (Lipinski definition) is 4. The van der Waals surface area contributed by atoms with Crippen LogP contribution in [0.25, 0.3) is 21.3 Å². The van der Waals surface area contributed by atoms with E-state index in [9.17, 15) is 19.6 Å². The Morgan fingerprint density at radius 2 is 2.00 bits per heavy atom. The molecular weight excluding hydrogens is 402 g/mol. The van der Waals surface area contributed by atoms with Crippen molar-refractivity contribution in [2.75, 3.05) is 7.11 Å². The standard InChI is InChI=1S/C19H13FN2O3Se/c1-10-17(19(23)24)26-18(22-10)12-3-5-14(13(7-12)9-21)11-4-6-16(25-2)15(20)8-11/h3-8H,1-2H3,(H,23,24). The molecule has 0 aliphatic carbocycles. The predicted octanol–water partition coefficient (Wildman–Crippen LogP) is 3.50. The zero-order chi connectivity index (χ0) is 18.8. The molecule has 0 atom stereocenters. The van der Waals surface area contributed by atoms with Crippen molar-refractivity contribution < 1.29 is 19.0 Å². The van der Waals surface area contributed by atoms with Crippen molar-refractivity contribution in [1.29, 1.82) is 5.26 Å². The number of carbonyl (C=O) groups is 1. The number of hydrogen-bond donors (Lipinski definition) is 1. The van der Waals surface area contributed by atoms with E-state index < -0.39 is 26.3 Å². The number of aryl methyl sites for hydroxylation is 1. The van der Waals surface area contributed by atoms with Crippen LogP contribution in [0.2, 0.25) is 0 Å². The Kier molecular flexibility index (Phi) is 4.90. The van der Waals surface area contributed by atoms with Gasteiger partial charge < -0.3 is 0 Å². The molecular formula is C19H13FN2O3Se. The second-order valence-electron chi connectivity index (χ2n) is 5.46. The van der Waals surface area contributed by atoms with Gasteiger partial charge in [0.25, 0.3) is 0 Å². The molecule has 0 spiro atoms. The number of methoxy groups -OCH3 is 1. The minimum atomic E-state index is -0.966. The number of halogens is 1. The van der Waals surface area contributed by atoms with Crippen LogP contribution >= 0.6 is 0 Å². The predicted molar refractivity (Wildman–Crippen MR) is 95.0 cm³/mol. The van der Waals surface area contributed by atoms with Gasteiger partial charge in [-0.25, -0.2) is 0 Å². The SMILES string of the molecule is COc1ccc(-c2ccc(-c3nc(C)c(C(=O)O)[se]3)cc2C#N)cc1F. The summed E-state index contributed by atoms with van der Waals surface area (Å²) >= 11 is -0.420. The number of aromatic nitrogens is 1. The van der Waals surface area contributed by atoms with E-state index in [0.29, 0.717) is 37.0 Å². The normalized spacial score (nSPS) is 10.4. The third-order valence-electron chi connectivity index (χ3n) is 3.84. The van der Waals surface area contributed by atoms with Gasteiger partial charge in [-0.2, -0.15) is 0 Å². The molecule has 0 aliphatic heterocycles. The van der Waals surface area contributed by atoms with Crippen molar-refractivity contribution >= 4 is 20.5 Å². The van der Waals surface area contributed by atoms with Crippen molar-refractivity contribution in [3.63, 3.8) is 0 Å². The molecule has 26 heavy (non-hydrogen) atoms. The summed E-state index contributed by atoms with van der Waals surface area (Å²) in [6.07, 6.45) is 0. The molecule has 0 unspecified atom stereocenters. The molecule has 1 N–H and O–H groups in total. The Hall–Kier alpha value is -2.94. The fraction of sp³-hybridized carbons (Fsp3) is 0.105. The molecule has 0 bridgehead atoms. The van der Waals surface area contributed by atoms with E-state index in [1.54, 1.807) is 31.2 Å². The van der Waals surface area contributed by atoms with Gasteiger partial charge in [-0.3, -0.25) is 0 Å². The van der Waals surface area contributed by atoms with Crippen LogP contribution in [0.1, 0.15) is 20.5 Å². The maximum atomic E-state index is 14.0. The van der Waals surface area contributed by atoms with Crippen molar-refractivity contribution in [3.8, 4) is 33.1 Å². The molecule has 0 saturated heterocycles. The van der Waals surface area contributed by atoms with Crippen LogP contribution in [-0.2, 0) is 0 Å². The van der Waals surface area contributed by atoms with Crippen molar-refractivity contribution in [2.45, 2.75) is 6.92 Å². The Morgan fingerprint density at radius 3 is 2.58 bits per heavy atom. The van der Waals surface area contributed by atoms with Crippen molar-refractivity contribution in [1.82, 2.24) is 4.98 Å². The first kappa shape index (κ1) is 17.9. The maximum absolute atomic E-state index is 14.0. The number of aromatic carboxylic acids is 1. The molecule has 130 valence electrons. The van der Waals surface area contributed by atoms with E-state index in [1.807, 2.05) is 0 Å². The second kappa shape index (κ2) is 7.12. The molecule has 0 aliphatic rings. The average Bonchev–Trinajstić information content (AvgIpc) is 3.03. The second-order valence-corrected chi connectivity index (χ2v) is 7.56. The fourth-order valence-electron chi connectivity index (χ4n) is 2.57. The number of carboxylic acid groups (broad SMARTS) is 1. The van der Waals surface area contributed by atoms with E-state index in [0.717, 1.165) is 0 Å². The van der Waals surface area contributed by atoms with E-state index in [4.69, 9.17) is 4.74 Å². The van der Waals surface area contributed by atoms with Crippen molar-refractivity contribution in [3.05, 3.63) is 57.9 Å². The zero-order valence-electron chi connectivity index (χ0n) is 13.9. The van der Waals surface area contributed by atoms with E-state index >= 15 is 0 Å². The molecule has 0 radical (unpaired) electrons. The molecule has 0 fully saturated rings. The van der Waals surface area contributed by atoms with Gasteiger partial charge in [-0.1, -0.05) is 0 Å². The Labute approximate surface area is 155 Å². The van der Waals surface area contributed by atoms with E-state index in [-0.39, 0.29) is 5.75 Å². The summed E-state index contributed by atoms with van der Waals surface area (Å²) in [6.45, 7) is 1.66. The first-order valence-corrected chi connectivity index (χ1v) is 9.25. The van der Waals surface area contributed by atoms with Gasteiger partial charge in [0.05, 0.1) is 0 Å². The number of benzene rings is 2. The third-order valence-corrected chi connectivity index (χ3v) is 6.35. The van der Waals surface area contributed by atoms with Gasteiger partial charge in [-0.05, 0) is 0 Å². The van der Waals surface area contributed by atoms with Gasteiger partial charge in [0.2, 0.25) is 0 Å². The topological polar surface area (TPSA) is 83.2 Å². The van der Waals surface area contributed by atoms with Crippen LogP contribution in [-0.4, -0.2) is 37.7 Å². The zero-order valence-corrected chi connectivity index (χ0v) is 15.6. The number of nitriles is 1. The van der Waals surface area contributed by atoms with Gasteiger partial charge >= 0.3 is 155 Å². The van der Waals surface area contributed by atoms with Gasteiger partial charge in [0.15, 0.2) is 0 Å². The molecule has 7 heteroatoms. The van der Waals surface area contributed by atoms with Gasteiger partial charge in [0, 0.05) is 0 Å². The van der Waals surface area contributed by atoms with Gasteiger partial charge in [-0.15, -0.1) is 0 Å². The van der Waals surface area contributed by atoms with Crippen LogP contribution in [0.3, 0.4) is 0 Å². The molecule has 1 heterocycles. The monoisotopic (exact) mass is 416 g/mol. The number of ether oxygens (including phenoxy) is 1. The molecule has 2 aromatic carbocycles. The first-order chi connectivity index (χ1) is 12.4. The molecule has 5 nitrogen and oxygen atoms in total. The molecule has 0 saturated carbocycles. The summed E-state index contributed by atoms with van der Waals surface area (Å²) in [7, 11) is 1.39. The van der Waals surface area contributed by atoms with Crippen LogP contribution < -0.4 is 4.74 Å². The molecule has 3 rings (SSSR count). The number of carboxylic acids is 1. The third kappa shape index (κ3) is 3.25. The molecule has 3 aromatic rings. The summed E-state index contributed by atoms with van der Waals surface area (Å²) < 4.78 is 19.9. The van der Waals surface area contributed by atoms with Crippen molar-refractivity contribution in [2.24, 2.45) is 0 Å². The average molecular weight is 415 g/mol. The van der Waals surface area contributed by atoms with Crippen LogP contribution in [0, 0.1) is 24.1 Å². The quantitative estimate of drug-likeness (QED) is 0.660. The Morgan fingerprint density at radius 1 is 1.27 bits per heavy atom. The Bertz CT molecular complexity index is 1050. The summed E-state index contributed by atoms with van der Waals surface area (Å²) in [5.74, 6) is -1.34. The summed E-state index contributed by atoms with van der Waals surface area (Å²) in [5, 5.41) is 18.7. The summed E-state index contributed by atoms with van der Waals surface area (Å²) in [5.41, 5.74) is 2.71. The van der Waals surface area contributed by atoms with E-state index in [2.05, 4.69) is 11.1 Å². The fourth-order valence-corrected chi connectivity index (χ4v) is 4.46. The van der Waals surface area contributed by atoms with Crippen LogP contribution in [0.15, 0.2) is 36.4 Å². The number of rotatable bonds is 4.